The van der Waals surface area contributed by atoms with Gasteiger partial charge in [-0.05, 0) is 23.8 Å². The van der Waals surface area contributed by atoms with Crippen LogP contribution in [-0.2, 0) is 11.2 Å². The van der Waals surface area contributed by atoms with Gasteiger partial charge in [-0.2, -0.15) is 0 Å². The van der Waals surface area contributed by atoms with E-state index in [9.17, 15) is 9.18 Å². The number of hydrogen-bond donors (Lipinski definition) is 2. The first kappa shape index (κ1) is 17.9. The van der Waals surface area contributed by atoms with Gasteiger partial charge in [-0.1, -0.05) is 41.9 Å². The third kappa shape index (κ3) is 4.83. The smallest absolute Gasteiger partial charge is 0.258 e. The van der Waals surface area contributed by atoms with Crippen molar-refractivity contribution in [1.82, 2.24) is 15.3 Å². The Morgan fingerprint density at radius 3 is 2.77 bits per heavy atom. The molecule has 0 saturated carbocycles. The minimum absolute atomic E-state index is 0.119. The summed E-state index contributed by atoms with van der Waals surface area (Å²) in [5, 5.41) is 3.05. The van der Waals surface area contributed by atoms with E-state index < -0.39 is 5.82 Å². The lowest BCUT2D eigenvalue weighted by Crippen LogP contribution is -2.34. The molecule has 0 fully saturated rings. The molecule has 0 aliphatic carbocycles. The highest BCUT2D eigenvalue weighted by Crippen LogP contribution is 2.24. The Balaban J connectivity index is 1.65. The van der Waals surface area contributed by atoms with Crippen LogP contribution in [0.3, 0.4) is 0 Å². The van der Waals surface area contributed by atoms with Gasteiger partial charge < -0.3 is 15.0 Å². The third-order valence-corrected chi connectivity index (χ3v) is 4.04. The van der Waals surface area contributed by atoms with Gasteiger partial charge in [-0.3, -0.25) is 4.79 Å². The van der Waals surface area contributed by atoms with Gasteiger partial charge in [0.05, 0.1) is 11.1 Å². The zero-order chi connectivity index (χ0) is 18.4. The summed E-state index contributed by atoms with van der Waals surface area (Å²) in [5.74, 6) is 0.243. The maximum atomic E-state index is 13.1. The number of aromatic nitrogens is 2. The minimum atomic E-state index is -0.464. The molecule has 1 atom stereocenters. The second kappa shape index (κ2) is 8.49. The van der Waals surface area contributed by atoms with E-state index in [1.807, 2.05) is 30.3 Å². The van der Waals surface area contributed by atoms with Crippen molar-refractivity contribution in [3.8, 4) is 5.75 Å². The number of benzene rings is 2. The van der Waals surface area contributed by atoms with Gasteiger partial charge in [-0.15, -0.1) is 0 Å². The van der Waals surface area contributed by atoms with E-state index in [-0.39, 0.29) is 29.3 Å². The average Bonchev–Trinajstić information content (AvgIpc) is 3.14. The summed E-state index contributed by atoms with van der Waals surface area (Å²) in [6, 6.07) is 13.1. The molecule has 3 rings (SSSR count). The van der Waals surface area contributed by atoms with Gasteiger partial charge in [0.25, 0.3) is 5.91 Å². The molecule has 7 heteroatoms. The Bertz CT molecular complexity index is 856. The molecule has 0 bridgehead atoms. The van der Waals surface area contributed by atoms with Crippen LogP contribution in [0.15, 0.2) is 60.9 Å². The van der Waals surface area contributed by atoms with E-state index in [1.165, 1.54) is 12.1 Å². The summed E-state index contributed by atoms with van der Waals surface area (Å²) >= 11 is 5.90. The number of nitrogens with one attached hydrogen (secondary N) is 2. The van der Waals surface area contributed by atoms with E-state index in [4.69, 9.17) is 16.3 Å². The highest BCUT2D eigenvalue weighted by Gasteiger charge is 2.17. The number of ether oxygens (including phenoxy) is 1. The predicted octanol–water partition coefficient (Wildman–Crippen LogP) is 3.68. The first-order chi connectivity index (χ1) is 12.6. The highest BCUT2D eigenvalue weighted by molar-refractivity contribution is 6.32. The number of rotatable bonds is 7. The molecule has 0 aliphatic heterocycles. The largest absolute Gasteiger partial charge is 0.482 e. The number of H-pyrrole nitrogens is 1. The highest BCUT2D eigenvalue weighted by atomic mass is 35.5. The Morgan fingerprint density at radius 1 is 1.27 bits per heavy atom. The molecule has 5 nitrogen and oxygen atoms in total. The predicted molar refractivity (Wildman–Crippen MR) is 96.5 cm³/mol. The lowest BCUT2D eigenvalue weighted by molar-refractivity contribution is -0.123. The van der Waals surface area contributed by atoms with E-state index in [1.54, 1.807) is 12.4 Å². The van der Waals surface area contributed by atoms with Gasteiger partial charge in [0, 0.05) is 18.8 Å². The SMILES string of the molecule is O=C(COc1ccc(F)cc1Cl)NC(Cc1ncc[nH]1)c1ccccc1. The number of amides is 1. The molecular weight excluding hydrogens is 357 g/mol. The molecule has 1 heterocycles. The Hall–Kier alpha value is -2.86. The fourth-order valence-corrected chi connectivity index (χ4v) is 2.73. The summed E-state index contributed by atoms with van der Waals surface area (Å²) in [6.45, 7) is -0.229. The molecule has 2 N–H and O–H groups in total. The molecule has 26 heavy (non-hydrogen) atoms. The van der Waals surface area contributed by atoms with E-state index >= 15 is 0 Å². The molecule has 134 valence electrons. The standard InChI is InChI=1S/C19H17ClFN3O2/c20-15-10-14(21)6-7-17(15)26-12-19(25)24-16(11-18-22-8-9-23-18)13-4-2-1-3-5-13/h1-10,16H,11-12H2,(H,22,23)(H,24,25). The molecule has 1 amide bonds. The maximum Gasteiger partial charge on any atom is 0.258 e. The zero-order valence-corrected chi connectivity index (χ0v) is 14.5. The van der Waals surface area contributed by atoms with E-state index in [0.717, 1.165) is 17.5 Å². The van der Waals surface area contributed by atoms with Crippen LogP contribution in [0.4, 0.5) is 4.39 Å². The Morgan fingerprint density at radius 2 is 2.08 bits per heavy atom. The molecular formula is C19H17ClFN3O2. The molecule has 0 radical (unpaired) electrons. The molecule has 3 aromatic rings. The number of halogens is 2. The van der Waals surface area contributed by atoms with Crippen LogP contribution in [0.1, 0.15) is 17.4 Å². The number of aromatic amines is 1. The molecule has 1 aromatic heterocycles. The van der Waals surface area contributed by atoms with Gasteiger partial charge in [0.2, 0.25) is 0 Å². The maximum absolute atomic E-state index is 13.1. The first-order valence-electron chi connectivity index (χ1n) is 8.02. The van der Waals surface area contributed by atoms with Gasteiger partial charge in [0.1, 0.15) is 17.4 Å². The topological polar surface area (TPSA) is 67.0 Å². The van der Waals surface area contributed by atoms with Crippen molar-refractivity contribution in [3.05, 3.63) is 83.2 Å². The van der Waals surface area contributed by atoms with Gasteiger partial charge >= 0.3 is 0 Å². The Labute approximate surface area is 155 Å². The second-order valence-corrected chi connectivity index (χ2v) is 6.04. The number of imidazole rings is 1. The number of carbonyl (C=O) groups is 1. The van der Waals surface area contributed by atoms with Crippen molar-refractivity contribution in [2.24, 2.45) is 0 Å². The molecule has 1 unspecified atom stereocenters. The first-order valence-corrected chi connectivity index (χ1v) is 8.40. The molecule has 0 spiro atoms. The van der Waals surface area contributed by atoms with Crippen molar-refractivity contribution in [2.75, 3.05) is 6.61 Å². The van der Waals surface area contributed by atoms with Crippen LogP contribution in [0, 0.1) is 5.82 Å². The van der Waals surface area contributed by atoms with Crippen LogP contribution in [0.5, 0.6) is 5.75 Å². The lowest BCUT2D eigenvalue weighted by atomic mass is 10.0. The number of carbonyl (C=O) groups excluding carboxylic acids is 1. The van der Waals surface area contributed by atoms with Crippen LogP contribution >= 0.6 is 11.6 Å². The summed E-state index contributed by atoms with van der Waals surface area (Å²) in [5.41, 5.74) is 0.956. The lowest BCUT2D eigenvalue weighted by Gasteiger charge is -2.18. The van der Waals surface area contributed by atoms with E-state index in [0.29, 0.717) is 6.42 Å². The zero-order valence-electron chi connectivity index (χ0n) is 13.8. The quantitative estimate of drug-likeness (QED) is 0.664. The van der Waals surface area contributed by atoms with E-state index in [2.05, 4.69) is 15.3 Å². The molecule has 0 saturated heterocycles. The number of hydrogen-bond acceptors (Lipinski definition) is 3. The third-order valence-electron chi connectivity index (χ3n) is 3.74. The van der Waals surface area contributed by atoms with Crippen molar-refractivity contribution in [1.29, 1.82) is 0 Å². The summed E-state index contributed by atoms with van der Waals surface area (Å²) in [4.78, 5) is 19.6. The van der Waals surface area contributed by atoms with Crippen LogP contribution in [-0.4, -0.2) is 22.5 Å². The fourth-order valence-electron chi connectivity index (χ4n) is 2.51. The minimum Gasteiger partial charge on any atom is -0.482 e. The Kier molecular flexibility index (Phi) is 5.86. The monoisotopic (exact) mass is 373 g/mol. The van der Waals surface area contributed by atoms with Crippen molar-refractivity contribution >= 4 is 17.5 Å². The van der Waals surface area contributed by atoms with Crippen molar-refractivity contribution < 1.29 is 13.9 Å². The molecule has 2 aromatic carbocycles. The van der Waals surface area contributed by atoms with Gasteiger partial charge in [-0.25, -0.2) is 9.37 Å². The van der Waals surface area contributed by atoms with Crippen LogP contribution < -0.4 is 10.1 Å². The normalized spacial score (nSPS) is 11.8. The van der Waals surface area contributed by atoms with Crippen molar-refractivity contribution in [2.45, 2.75) is 12.5 Å². The van der Waals surface area contributed by atoms with Crippen LogP contribution in [0.2, 0.25) is 5.02 Å². The van der Waals surface area contributed by atoms with Crippen LogP contribution in [0.25, 0.3) is 0 Å². The average molecular weight is 374 g/mol. The summed E-state index contributed by atoms with van der Waals surface area (Å²) < 4.78 is 18.4. The second-order valence-electron chi connectivity index (χ2n) is 5.63. The molecule has 0 aliphatic rings. The fraction of sp³-hybridized carbons (Fsp3) is 0.158. The summed E-state index contributed by atoms with van der Waals surface area (Å²) in [7, 11) is 0. The number of nitrogens with zero attached hydrogens (tertiary/aromatic N) is 1. The summed E-state index contributed by atoms with van der Waals surface area (Å²) in [6.07, 6.45) is 3.91. The van der Waals surface area contributed by atoms with Gasteiger partial charge in [0.15, 0.2) is 6.61 Å². The van der Waals surface area contributed by atoms with Crippen molar-refractivity contribution in [3.63, 3.8) is 0 Å².